The third-order valence-electron chi connectivity index (χ3n) is 3.19. The van der Waals surface area contributed by atoms with E-state index < -0.39 is 17.5 Å². The van der Waals surface area contributed by atoms with Gasteiger partial charge in [0.05, 0.1) is 13.2 Å². The van der Waals surface area contributed by atoms with Gasteiger partial charge in [-0.3, -0.25) is 4.79 Å². The second kappa shape index (κ2) is 5.84. The Kier molecular flexibility index (Phi) is 4.16. The molecule has 0 spiro atoms. The Morgan fingerprint density at radius 3 is 2.68 bits per heavy atom. The molecule has 1 aromatic carbocycles. The van der Waals surface area contributed by atoms with Crippen molar-refractivity contribution in [2.24, 2.45) is 0 Å². The van der Waals surface area contributed by atoms with Crippen LogP contribution in [0.5, 0.6) is 0 Å². The van der Waals surface area contributed by atoms with Gasteiger partial charge >= 0.3 is 11.9 Å². The van der Waals surface area contributed by atoms with Crippen LogP contribution in [0.3, 0.4) is 0 Å². The number of carboxylic acids is 1. The van der Waals surface area contributed by atoms with E-state index in [1.807, 2.05) is 30.3 Å². The second-order valence-corrected chi connectivity index (χ2v) is 4.56. The SMILES string of the molecule is O=C1CC[C@@](CCOCc2ccccc2)(C(=O)O)O1. The number of benzene rings is 1. The van der Waals surface area contributed by atoms with Crippen LogP contribution in [-0.4, -0.2) is 29.3 Å². The number of cyclic esters (lactones) is 1. The summed E-state index contributed by atoms with van der Waals surface area (Å²) in [4.78, 5) is 22.3. The van der Waals surface area contributed by atoms with Crippen LogP contribution < -0.4 is 0 Å². The van der Waals surface area contributed by atoms with E-state index in [1.54, 1.807) is 0 Å². The first-order valence-corrected chi connectivity index (χ1v) is 6.19. The van der Waals surface area contributed by atoms with Gasteiger partial charge in [0.2, 0.25) is 5.60 Å². The van der Waals surface area contributed by atoms with E-state index >= 15 is 0 Å². The van der Waals surface area contributed by atoms with Crippen molar-refractivity contribution in [2.75, 3.05) is 6.61 Å². The number of aliphatic carboxylic acids is 1. The minimum atomic E-state index is -1.40. The number of carbonyl (C=O) groups is 2. The van der Waals surface area contributed by atoms with Gasteiger partial charge in [-0.05, 0) is 5.56 Å². The average Bonchev–Trinajstić information content (AvgIpc) is 2.79. The maximum Gasteiger partial charge on any atom is 0.348 e. The molecule has 0 amide bonds. The Hall–Kier alpha value is -1.88. The molecule has 2 rings (SSSR count). The van der Waals surface area contributed by atoms with Crippen molar-refractivity contribution in [3.63, 3.8) is 0 Å². The van der Waals surface area contributed by atoms with Crippen molar-refractivity contribution in [1.82, 2.24) is 0 Å². The molecule has 1 atom stereocenters. The van der Waals surface area contributed by atoms with E-state index in [-0.39, 0.29) is 25.9 Å². The van der Waals surface area contributed by atoms with Gasteiger partial charge in [0.15, 0.2) is 0 Å². The summed E-state index contributed by atoms with van der Waals surface area (Å²) in [6.07, 6.45) is 0.557. The Morgan fingerprint density at radius 2 is 2.11 bits per heavy atom. The average molecular weight is 264 g/mol. The number of carboxylic acid groups (broad SMARTS) is 1. The van der Waals surface area contributed by atoms with Gasteiger partial charge in [-0.2, -0.15) is 0 Å². The fourth-order valence-electron chi connectivity index (χ4n) is 2.06. The first kappa shape index (κ1) is 13.5. The Labute approximate surface area is 111 Å². The van der Waals surface area contributed by atoms with E-state index in [1.165, 1.54) is 0 Å². The van der Waals surface area contributed by atoms with E-state index in [2.05, 4.69) is 0 Å². The first-order valence-electron chi connectivity index (χ1n) is 6.19. The summed E-state index contributed by atoms with van der Waals surface area (Å²) >= 11 is 0. The number of rotatable bonds is 6. The second-order valence-electron chi connectivity index (χ2n) is 4.56. The third kappa shape index (κ3) is 3.32. The minimum absolute atomic E-state index is 0.158. The molecule has 0 aliphatic carbocycles. The molecule has 1 heterocycles. The molecule has 5 nitrogen and oxygen atoms in total. The number of esters is 1. The number of hydrogen-bond donors (Lipinski definition) is 1. The van der Waals surface area contributed by atoms with Gasteiger partial charge in [0.1, 0.15) is 0 Å². The summed E-state index contributed by atoms with van der Waals surface area (Å²) in [6, 6.07) is 9.61. The van der Waals surface area contributed by atoms with Gasteiger partial charge in [0, 0.05) is 19.3 Å². The van der Waals surface area contributed by atoms with Gasteiger partial charge in [-0.1, -0.05) is 30.3 Å². The first-order chi connectivity index (χ1) is 9.12. The van der Waals surface area contributed by atoms with Crippen LogP contribution in [-0.2, 0) is 25.7 Å². The summed E-state index contributed by atoms with van der Waals surface area (Å²) in [7, 11) is 0. The van der Waals surface area contributed by atoms with Gasteiger partial charge in [-0.25, -0.2) is 4.79 Å². The quantitative estimate of drug-likeness (QED) is 0.626. The zero-order chi connectivity index (χ0) is 13.7. The molecule has 0 saturated carbocycles. The number of hydrogen-bond acceptors (Lipinski definition) is 4. The molecule has 0 bridgehead atoms. The zero-order valence-corrected chi connectivity index (χ0v) is 10.5. The van der Waals surface area contributed by atoms with E-state index in [0.717, 1.165) is 5.56 Å². The Morgan fingerprint density at radius 1 is 1.37 bits per heavy atom. The third-order valence-corrected chi connectivity index (χ3v) is 3.19. The van der Waals surface area contributed by atoms with Crippen molar-refractivity contribution in [1.29, 1.82) is 0 Å². The molecule has 0 radical (unpaired) electrons. The summed E-state index contributed by atoms with van der Waals surface area (Å²) in [5.74, 6) is -1.55. The van der Waals surface area contributed by atoms with Gasteiger partial charge in [-0.15, -0.1) is 0 Å². The van der Waals surface area contributed by atoms with E-state index in [4.69, 9.17) is 14.6 Å². The maximum absolute atomic E-state index is 11.2. The monoisotopic (exact) mass is 264 g/mol. The molecule has 0 aromatic heterocycles. The van der Waals surface area contributed by atoms with Crippen LogP contribution in [0.2, 0.25) is 0 Å². The highest BCUT2D eigenvalue weighted by atomic mass is 16.6. The van der Waals surface area contributed by atoms with Gasteiger partial charge in [0.25, 0.3) is 0 Å². The molecule has 1 fully saturated rings. The minimum Gasteiger partial charge on any atom is -0.478 e. The highest BCUT2D eigenvalue weighted by molar-refractivity contribution is 5.85. The highest BCUT2D eigenvalue weighted by Crippen LogP contribution is 2.30. The van der Waals surface area contributed by atoms with Crippen molar-refractivity contribution < 1.29 is 24.2 Å². The molecule has 19 heavy (non-hydrogen) atoms. The van der Waals surface area contributed by atoms with Crippen LogP contribution in [0.4, 0.5) is 0 Å². The van der Waals surface area contributed by atoms with Crippen LogP contribution >= 0.6 is 0 Å². The van der Waals surface area contributed by atoms with Crippen LogP contribution in [0, 0.1) is 0 Å². The predicted octanol–water partition coefficient (Wildman–Crippen LogP) is 1.75. The largest absolute Gasteiger partial charge is 0.478 e. The van der Waals surface area contributed by atoms with E-state index in [9.17, 15) is 9.59 Å². The molecular weight excluding hydrogens is 248 g/mol. The summed E-state index contributed by atoms with van der Waals surface area (Å²) in [5, 5.41) is 9.17. The van der Waals surface area contributed by atoms with Crippen molar-refractivity contribution in [2.45, 2.75) is 31.5 Å². The zero-order valence-electron chi connectivity index (χ0n) is 10.5. The molecular formula is C14H16O5. The van der Waals surface area contributed by atoms with Gasteiger partial charge < -0.3 is 14.6 Å². The molecule has 1 aliphatic rings. The Balaban J connectivity index is 1.81. The van der Waals surface area contributed by atoms with Crippen LogP contribution in [0.25, 0.3) is 0 Å². The summed E-state index contributed by atoms with van der Waals surface area (Å²) < 4.78 is 10.4. The normalized spacial score (nSPS) is 22.2. The fraction of sp³-hybridized carbons (Fsp3) is 0.429. The lowest BCUT2D eigenvalue weighted by Crippen LogP contribution is -2.39. The smallest absolute Gasteiger partial charge is 0.348 e. The molecule has 5 heteroatoms. The van der Waals surface area contributed by atoms with Crippen LogP contribution in [0.1, 0.15) is 24.8 Å². The molecule has 102 valence electrons. The summed E-state index contributed by atoms with van der Waals surface area (Å²) in [5.41, 5.74) is -0.372. The lowest BCUT2D eigenvalue weighted by molar-refractivity contribution is -0.171. The summed E-state index contributed by atoms with van der Waals surface area (Å²) in [6.45, 7) is 0.666. The van der Waals surface area contributed by atoms with Crippen molar-refractivity contribution in [3.05, 3.63) is 35.9 Å². The highest BCUT2D eigenvalue weighted by Gasteiger charge is 2.47. The fourth-order valence-corrected chi connectivity index (χ4v) is 2.06. The topological polar surface area (TPSA) is 72.8 Å². The van der Waals surface area contributed by atoms with Crippen molar-refractivity contribution >= 4 is 11.9 Å². The molecule has 0 unspecified atom stereocenters. The van der Waals surface area contributed by atoms with E-state index in [0.29, 0.717) is 6.61 Å². The lowest BCUT2D eigenvalue weighted by Gasteiger charge is -2.22. The predicted molar refractivity (Wildman–Crippen MR) is 66.4 cm³/mol. The molecule has 1 saturated heterocycles. The number of ether oxygens (including phenoxy) is 2. The standard InChI is InChI=1S/C14H16O5/c15-12-6-7-14(19-12,13(16)17)8-9-18-10-11-4-2-1-3-5-11/h1-5H,6-10H2,(H,16,17)/t14-/m1/s1. The lowest BCUT2D eigenvalue weighted by atomic mass is 9.97. The Bertz CT molecular complexity index is 456. The maximum atomic E-state index is 11.2. The molecule has 1 N–H and O–H groups in total. The number of carbonyl (C=O) groups excluding carboxylic acids is 1. The van der Waals surface area contributed by atoms with Crippen LogP contribution in [0.15, 0.2) is 30.3 Å². The molecule has 1 aromatic rings. The molecule has 1 aliphatic heterocycles. The van der Waals surface area contributed by atoms with Crippen molar-refractivity contribution in [3.8, 4) is 0 Å².